The molecule has 0 radical (unpaired) electrons. The number of aliphatic hydroxyl groups is 1. The summed E-state index contributed by atoms with van der Waals surface area (Å²) in [6.07, 6.45) is -0.727. The van der Waals surface area contributed by atoms with Crippen LogP contribution < -0.4 is 10.5 Å². The number of ether oxygens (including phenoxy) is 1. The third kappa shape index (κ3) is 5.25. The van der Waals surface area contributed by atoms with Crippen molar-refractivity contribution in [1.82, 2.24) is 24.6 Å². The zero-order valence-corrected chi connectivity index (χ0v) is 18.3. The zero-order chi connectivity index (χ0) is 23.8. The highest BCUT2D eigenvalue weighted by Crippen LogP contribution is 2.35. The summed E-state index contributed by atoms with van der Waals surface area (Å²) in [7, 11) is 2.09. The van der Waals surface area contributed by atoms with Gasteiger partial charge in [0, 0.05) is 5.56 Å². The standard InChI is InChI=1S/C22H25F3N6O2/c1-13-7-14(9-15(8-13)19(32)22(23,24)25)18-11-27-20(26)21(29-18)33-17-10-28-31(12-17)16-3-5-30(2)6-4-16/h7-12,16,19,32H,3-6H2,1-2H3,(H2,26,27). The van der Waals surface area contributed by atoms with Gasteiger partial charge in [0.15, 0.2) is 17.7 Å². The summed E-state index contributed by atoms with van der Waals surface area (Å²) in [6, 6.07) is 4.43. The van der Waals surface area contributed by atoms with Crippen LogP contribution in [0.1, 0.15) is 36.1 Å². The first kappa shape index (κ1) is 23.0. The Morgan fingerprint density at radius 2 is 1.91 bits per heavy atom. The summed E-state index contributed by atoms with van der Waals surface area (Å²) in [6.45, 7) is 3.61. The summed E-state index contributed by atoms with van der Waals surface area (Å²) < 4.78 is 46.6. The quantitative estimate of drug-likeness (QED) is 0.593. The van der Waals surface area contributed by atoms with Crippen LogP contribution >= 0.6 is 0 Å². The van der Waals surface area contributed by atoms with Gasteiger partial charge >= 0.3 is 6.18 Å². The summed E-state index contributed by atoms with van der Waals surface area (Å²) in [5.41, 5.74) is 6.80. The lowest BCUT2D eigenvalue weighted by atomic mass is 10.0. The van der Waals surface area contributed by atoms with Gasteiger partial charge in [0.25, 0.3) is 5.88 Å². The van der Waals surface area contributed by atoms with E-state index in [9.17, 15) is 18.3 Å². The molecule has 11 heteroatoms. The lowest BCUT2D eigenvalue weighted by Gasteiger charge is -2.28. The van der Waals surface area contributed by atoms with Gasteiger partial charge in [-0.15, -0.1) is 0 Å². The molecule has 1 aliphatic heterocycles. The normalized spacial score (nSPS) is 16.7. The second-order valence-electron chi connectivity index (χ2n) is 8.31. The molecule has 2 aromatic heterocycles. The van der Waals surface area contributed by atoms with Gasteiger partial charge in [0.1, 0.15) is 0 Å². The molecular formula is C22H25F3N6O2. The van der Waals surface area contributed by atoms with Crippen LogP contribution in [0, 0.1) is 6.92 Å². The first-order chi connectivity index (χ1) is 15.6. The molecule has 1 fully saturated rings. The van der Waals surface area contributed by atoms with Crippen LogP contribution in [0.15, 0.2) is 36.8 Å². The van der Waals surface area contributed by atoms with E-state index in [0.717, 1.165) is 25.9 Å². The smallest absolute Gasteiger partial charge is 0.418 e. The van der Waals surface area contributed by atoms with E-state index in [1.54, 1.807) is 25.4 Å². The molecule has 1 unspecified atom stereocenters. The number of nitrogen functional groups attached to an aromatic ring is 1. The maximum atomic E-state index is 13.0. The second-order valence-corrected chi connectivity index (χ2v) is 8.31. The van der Waals surface area contributed by atoms with E-state index in [2.05, 4.69) is 27.0 Å². The minimum absolute atomic E-state index is 0.0230. The molecule has 4 rings (SSSR count). The third-order valence-corrected chi connectivity index (χ3v) is 5.64. The maximum Gasteiger partial charge on any atom is 0.418 e. The highest BCUT2D eigenvalue weighted by Gasteiger charge is 2.39. The van der Waals surface area contributed by atoms with Crippen molar-refractivity contribution < 1.29 is 23.0 Å². The molecule has 0 amide bonds. The Hall–Kier alpha value is -3.18. The molecule has 3 aromatic rings. The van der Waals surface area contributed by atoms with Gasteiger partial charge < -0.3 is 20.5 Å². The maximum absolute atomic E-state index is 13.0. The Labute approximate surface area is 188 Å². The molecule has 3 N–H and O–H groups in total. The number of hydrogen-bond acceptors (Lipinski definition) is 7. The van der Waals surface area contributed by atoms with Crippen molar-refractivity contribution in [2.45, 2.75) is 38.1 Å². The Balaban J connectivity index is 1.57. The van der Waals surface area contributed by atoms with Gasteiger partial charge in [-0.05, 0) is 57.6 Å². The van der Waals surface area contributed by atoms with E-state index in [1.807, 2.05) is 4.68 Å². The Kier molecular flexibility index (Phi) is 6.26. The number of anilines is 1. The molecule has 1 aliphatic rings. The third-order valence-electron chi connectivity index (χ3n) is 5.64. The van der Waals surface area contributed by atoms with E-state index in [0.29, 0.717) is 16.9 Å². The lowest BCUT2D eigenvalue weighted by Crippen LogP contribution is -2.31. The van der Waals surface area contributed by atoms with Gasteiger partial charge in [-0.1, -0.05) is 11.6 Å². The van der Waals surface area contributed by atoms with E-state index in [-0.39, 0.29) is 29.0 Å². The van der Waals surface area contributed by atoms with Crippen LogP contribution in [-0.2, 0) is 0 Å². The Morgan fingerprint density at radius 3 is 2.61 bits per heavy atom. The molecule has 1 saturated heterocycles. The van der Waals surface area contributed by atoms with Crippen LogP contribution in [0.4, 0.5) is 19.0 Å². The fraction of sp³-hybridized carbons (Fsp3) is 0.409. The van der Waals surface area contributed by atoms with Crippen molar-refractivity contribution >= 4 is 5.82 Å². The summed E-state index contributed by atoms with van der Waals surface area (Å²) in [4.78, 5) is 10.7. The molecule has 8 nitrogen and oxygen atoms in total. The van der Waals surface area contributed by atoms with Crippen molar-refractivity contribution in [3.8, 4) is 22.9 Å². The predicted octanol–water partition coefficient (Wildman–Crippen LogP) is 3.89. The number of alkyl halides is 3. The van der Waals surface area contributed by atoms with Crippen LogP contribution in [0.25, 0.3) is 11.3 Å². The summed E-state index contributed by atoms with van der Waals surface area (Å²) >= 11 is 0. The molecule has 1 aromatic carbocycles. The van der Waals surface area contributed by atoms with Crippen molar-refractivity contribution in [2.24, 2.45) is 0 Å². The number of benzene rings is 1. The minimum Gasteiger partial charge on any atom is -0.433 e. The van der Waals surface area contributed by atoms with Crippen molar-refractivity contribution in [3.05, 3.63) is 47.9 Å². The summed E-state index contributed by atoms with van der Waals surface area (Å²) in [5, 5.41) is 14.0. The fourth-order valence-corrected chi connectivity index (χ4v) is 3.85. The fourth-order valence-electron chi connectivity index (χ4n) is 3.85. The van der Waals surface area contributed by atoms with E-state index in [4.69, 9.17) is 10.5 Å². The molecule has 176 valence electrons. The average Bonchev–Trinajstić information content (AvgIpc) is 3.22. The van der Waals surface area contributed by atoms with Crippen LogP contribution in [0.3, 0.4) is 0 Å². The molecule has 0 bridgehead atoms. The van der Waals surface area contributed by atoms with E-state index in [1.165, 1.54) is 18.3 Å². The first-order valence-corrected chi connectivity index (χ1v) is 10.5. The van der Waals surface area contributed by atoms with Gasteiger partial charge in [-0.2, -0.15) is 18.3 Å². The number of hydrogen-bond donors (Lipinski definition) is 2. The predicted molar refractivity (Wildman–Crippen MR) is 116 cm³/mol. The number of aromatic nitrogens is 4. The zero-order valence-electron chi connectivity index (χ0n) is 18.3. The van der Waals surface area contributed by atoms with Gasteiger partial charge in [0.2, 0.25) is 0 Å². The Bertz CT molecular complexity index is 1130. The molecular weight excluding hydrogens is 437 g/mol. The number of halogens is 3. The van der Waals surface area contributed by atoms with Crippen LogP contribution in [-0.4, -0.2) is 56.1 Å². The van der Waals surface area contributed by atoms with Gasteiger partial charge in [0.05, 0.1) is 30.3 Å². The topological polar surface area (TPSA) is 102 Å². The van der Waals surface area contributed by atoms with Crippen LogP contribution in [0.2, 0.25) is 0 Å². The summed E-state index contributed by atoms with van der Waals surface area (Å²) in [5.74, 6) is 0.494. The lowest BCUT2D eigenvalue weighted by molar-refractivity contribution is -0.206. The van der Waals surface area contributed by atoms with E-state index >= 15 is 0 Å². The largest absolute Gasteiger partial charge is 0.433 e. The molecule has 0 saturated carbocycles. The van der Waals surface area contributed by atoms with Crippen molar-refractivity contribution in [1.29, 1.82) is 0 Å². The van der Waals surface area contributed by atoms with Crippen molar-refractivity contribution in [2.75, 3.05) is 25.9 Å². The van der Waals surface area contributed by atoms with Gasteiger partial charge in [-0.25, -0.2) is 9.97 Å². The average molecular weight is 462 g/mol. The molecule has 33 heavy (non-hydrogen) atoms. The van der Waals surface area contributed by atoms with Crippen LogP contribution in [0.5, 0.6) is 11.6 Å². The number of nitrogens with zero attached hydrogens (tertiary/aromatic N) is 5. The number of likely N-dealkylation sites (tertiary alicyclic amines) is 1. The SMILES string of the molecule is Cc1cc(-c2cnc(N)c(Oc3cnn(C4CCN(C)CC4)c3)n2)cc(C(O)C(F)(F)F)c1. The first-order valence-electron chi connectivity index (χ1n) is 10.5. The minimum atomic E-state index is -4.78. The number of aryl methyl sites for hydroxylation is 1. The molecule has 0 aliphatic carbocycles. The molecule has 1 atom stereocenters. The van der Waals surface area contributed by atoms with Crippen molar-refractivity contribution in [3.63, 3.8) is 0 Å². The highest BCUT2D eigenvalue weighted by molar-refractivity contribution is 5.63. The molecule has 0 spiro atoms. The molecule has 3 heterocycles. The highest BCUT2D eigenvalue weighted by atomic mass is 19.4. The Morgan fingerprint density at radius 1 is 1.18 bits per heavy atom. The number of rotatable bonds is 5. The second kappa shape index (κ2) is 8.99. The number of piperidine rings is 1. The van der Waals surface area contributed by atoms with Gasteiger partial charge in [-0.3, -0.25) is 4.68 Å². The number of nitrogens with two attached hydrogens (primary N) is 1. The monoisotopic (exact) mass is 462 g/mol. The van der Waals surface area contributed by atoms with E-state index < -0.39 is 12.3 Å². The number of aliphatic hydroxyl groups excluding tert-OH is 1.